The van der Waals surface area contributed by atoms with Gasteiger partial charge in [0.15, 0.2) is 0 Å². The van der Waals surface area contributed by atoms with Gasteiger partial charge in [0.1, 0.15) is 0 Å². The van der Waals surface area contributed by atoms with E-state index >= 15 is 0 Å². The summed E-state index contributed by atoms with van der Waals surface area (Å²) in [7, 11) is 0. The van der Waals surface area contributed by atoms with Gasteiger partial charge in [-0.15, -0.1) is 0 Å². The van der Waals surface area contributed by atoms with E-state index < -0.39 is 11.0 Å². The van der Waals surface area contributed by atoms with Crippen molar-refractivity contribution < 1.29 is 10.0 Å². The van der Waals surface area contributed by atoms with Crippen LogP contribution in [0.15, 0.2) is 30.3 Å². The molecule has 6 heteroatoms. The van der Waals surface area contributed by atoms with Crippen LogP contribution in [0.3, 0.4) is 0 Å². The molecular formula is C18H19Cl2NO3. The van der Waals surface area contributed by atoms with E-state index in [1.54, 1.807) is 25.1 Å². The van der Waals surface area contributed by atoms with E-state index in [0.717, 1.165) is 24.0 Å². The van der Waals surface area contributed by atoms with E-state index in [1.807, 2.05) is 6.07 Å². The minimum absolute atomic E-state index is 0.0140. The predicted molar refractivity (Wildman–Crippen MR) is 97.9 cm³/mol. The van der Waals surface area contributed by atoms with Crippen molar-refractivity contribution in [3.63, 3.8) is 0 Å². The van der Waals surface area contributed by atoms with E-state index in [1.165, 1.54) is 6.07 Å². The quantitative estimate of drug-likeness (QED) is 0.545. The van der Waals surface area contributed by atoms with Gasteiger partial charge in [0.05, 0.1) is 26.6 Å². The average Bonchev–Trinajstić information content (AvgIpc) is 2.50. The molecular weight excluding hydrogens is 349 g/mol. The minimum atomic E-state index is -0.598. The number of nitrogens with zero attached hydrogens (tertiary/aromatic N) is 1. The maximum atomic E-state index is 11.4. The first-order valence-electron chi connectivity index (χ1n) is 7.77. The zero-order valence-electron chi connectivity index (χ0n) is 13.6. The Hall–Kier alpha value is -1.62. The molecule has 2 rings (SSSR count). The molecule has 4 nitrogen and oxygen atoms in total. The molecule has 0 saturated carbocycles. The summed E-state index contributed by atoms with van der Waals surface area (Å²) < 4.78 is 0. The molecule has 0 aromatic heterocycles. The number of hydrogen-bond acceptors (Lipinski definition) is 3. The molecule has 0 saturated heterocycles. The molecule has 0 radical (unpaired) electrons. The van der Waals surface area contributed by atoms with Gasteiger partial charge in [-0.25, -0.2) is 0 Å². The number of nitro groups is 1. The van der Waals surface area contributed by atoms with Crippen LogP contribution in [0, 0.1) is 10.1 Å². The third-order valence-corrected chi connectivity index (χ3v) is 4.47. The molecule has 0 spiro atoms. The lowest BCUT2D eigenvalue weighted by atomic mass is 9.93. The molecule has 0 fully saturated rings. The maximum Gasteiger partial charge on any atom is 0.277 e. The van der Waals surface area contributed by atoms with Crippen LogP contribution in [0.1, 0.15) is 31.4 Å². The summed E-state index contributed by atoms with van der Waals surface area (Å²) >= 11 is 12.2. The smallest absolute Gasteiger partial charge is 0.277 e. The second-order valence-electron chi connectivity index (χ2n) is 5.84. The highest BCUT2D eigenvalue weighted by Gasteiger charge is 2.20. The fourth-order valence-electron chi connectivity index (χ4n) is 2.73. The minimum Gasteiger partial charge on any atom is -0.393 e. The van der Waals surface area contributed by atoms with Gasteiger partial charge in [-0.3, -0.25) is 10.1 Å². The molecule has 24 heavy (non-hydrogen) atoms. The maximum absolute atomic E-state index is 11.4. The number of rotatable bonds is 6. The number of aryl methyl sites for hydroxylation is 1. The van der Waals surface area contributed by atoms with E-state index in [0.29, 0.717) is 27.6 Å². The fourth-order valence-corrected chi connectivity index (χ4v) is 3.08. The third kappa shape index (κ3) is 4.26. The number of aliphatic hydroxyl groups excluding tert-OH is 1. The Morgan fingerprint density at radius 3 is 2.42 bits per heavy atom. The van der Waals surface area contributed by atoms with Gasteiger partial charge in [0.2, 0.25) is 0 Å². The van der Waals surface area contributed by atoms with Crippen molar-refractivity contribution in [3.8, 4) is 11.1 Å². The van der Waals surface area contributed by atoms with Gasteiger partial charge in [0, 0.05) is 6.07 Å². The second-order valence-corrected chi connectivity index (χ2v) is 6.65. The van der Waals surface area contributed by atoms with Gasteiger partial charge >= 0.3 is 0 Å². The Bertz CT molecular complexity index is 760. The first-order valence-corrected chi connectivity index (χ1v) is 8.52. The summed E-state index contributed by atoms with van der Waals surface area (Å²) in [5.74, 6) is 0. The Labute approximate surface area is 151 Å². The summed E-state index contributed by atoms with van der Waals surface area (Å²) in [6.45, 7) is 3.72. The summed E-state index contributed by atoms with van der Waals surface area (Å²) in [4.78, 5) is 11.0. The molecule has 1 unspecified atom stereocenters. The summed E-state index contributed by atoms with van der Waals surface area (Å²) in [6, 6.07) is 8.43. The van der Waals surface area contributed by atoms with Crippen LogP contribution in [-0.4, -0.2) is 16.1 Å². The number of hydrogen-bond donors (Lipinski definition) is 1. The molecule has 0 aliphatic heterocycles. The predicted octanol–water partition coefficient (Wildman–Crippen LogP) is 5.44. The Morgan fingerprint density at radius 1 is 1.17 bits per heavy atom. The van der Waals surface area contributed by atoms with Gasteiger partial charge in [-0.05, 0) is 54.7 Å². The molecule has 0 bridgehead atoms. The van der Waals surface area contributed by atoms with Crippen molar-refractivity contribution in [2.75, 3.05) is 0 Å². The molecule has 2 aromatic rings. The van der Waals surface area contributed by atoms with Crippen LogP contribution >= 0.6 is 23.2 Å². The molecule has 1 atom stereocenters. The van der Waals surface area contributed by atoms with Gasteiger partial charge in [-0.1, -0.05) is 42.6 Å². The van der Waals surface area contributed by atoms with E-state index in [9.17, 15) is 15.2 Å². The van der Waals surface area contributed by atoms with Crippen LogP contribution < -0.4 is 0 Å². The van der Waals surface area contributed by atoms with Crippen LogP contribution in [0.25, 0.3) is 11.1 Å². The zero-order valence-corrected chi connectivity index (χ0v) is 15.1. The van der Waals surface area contributed by atoms with Gasteiger partial charge in [-0.2, -0.15) is 0 Å². The van der Waals surface area contributed by atoms with Crippen LogP contribution in [0.5, 0.6) is 0 Å². The Balaban J connectivity index is 2.70. The Kier molecular flexibility index (Phi) is 6.21. The summed E-state index contributed by atoms with van der Waals surface area (Å²) in [6.07, 6.45) is 1.51. The van der Waals surface area contributed by atoms with Crippen molar-refractivity contribution in [2.45, 2.75) is 39.2 Å². The highest BCUT2D eigenvalue weighted by molar-refractivity contribution is 6.42. The summed E-state index contributed by atoms with van der Waals surface area (Å²) in [5, 5.41) is 21.9. The van der Waals surface area contributed by atoms with Crippen molar-refractivity contribution in [1.82, 2.24) is 0 Å². The first kappa shape index (κ1) is 18.7. The van der Waals surface area contributed by atoms with Crippen molar-refractivity contribution in [2.24, 2.45) is 0 Å². The fraction of sp³-hybridized carbons (Fsp3) is 0.333. The lowest BCUT2D eigenvalue weighted by Crippen LogP contribution is -2.06. The number of nitro benzene ring substituents is 1. The number of aliphatic hydroxyl groups is 1. The molecule has 2 aromatic carbocycles. The molecule has 128 valence electrons. The van der Waals surface area contributed by atoms with E-state index in [2.05, 4.69) is 6.92 Å². The molecule has 1 N–H and O–H groups in total. The van der Waals surface area contributed by atoms with E-state index in [4.69, 9.17) is 23.2 Å². The van der Waals surface area contributed by atoms with Crippen molar-refractivity contribution >= 4 is 28.9 Å². The monoisotopic (exact) mass is 367 g/mol. The summed E-state index contributed by atoms with van der Waals surface area (Å²) in [5.41, 5.74) is 2.90. The van der Waals surface area contributed by atoms with Gasteiger partial charge < -0.3 is 5.11 Å². The SMILES string of the molecule is CCCc1ccc([N+](=O)[O-])c(-c2cc(Cl)c(Cl)cc2CC(C)O)c1. The third-order valence-electron chi connectivity index (χ3n) is 3.75. The zero-order chi connectivity index (χ0) is 17.9. The highest BCUT2D eigenvalue weighted by atomic mass is 35.5. The highest BCUT2D eigenvalue weighted by Crippen LogP contribution is 2.38. The normalized spacial score (nSPS) is 12.2. The van der Waals surface area contributed by atoms with Crippen LogP contribution in [0.4, 0.5) is 5.69 Å². The number of benzene rings is 2. The molecule has 0 aliphatic rings. The molecule has 0 heterocycles. The van der Waals surface area contributed by atoms with Crippen molar-refractivity contribution in [3.05, 3.63) is 61.6 Å². The average molecular weight is 368 g/mol. The Morgan fingerprint density at radius 2 is 1.83 bits per heavy atom. The first-order chi connectivity index (χ1) is 11.3. The van der Waals surface area contributed by atoms with E-state index in [-0.39, 0.29) is 5.69 Å². The van der Waals surface area contributed by atoms with Gasteiger partial charge in [0.25, 0.3) is 5.69 Å². The van der Waals surface area contributed by atoms with Crippen LogP contribution in [0.2, 0.25) is 10.0 Å². The lowest BCUT2D eigenvalue weighted by Gasteiger charge is -2.14. The standard InChI is InChI=1S/C18H19Cl2NO3/c1-3-4-12-5-6-18(21(23)24)15(8-12)14-10-17(20)16(19)9-13(14)7-11(2)22/h5-6,8-11,22H,3-4,7H2,1-2H3. The van der Waals surface area contributed by atoms with Crippen molar-refractivity contribution in [1.29, 1.82) is 0 Å². The molecule has 0 amide bonds. The van der Waals surface area contributed by atoms with Crippen LogP contribution in [-0.2, 0) is 12.8 Å². The lowest BCUT2D eigenvalue weighted by molar-refractivity contribution is -0.384. The largest absolute Gasteiger partial charge is 0.393 e. The second kappa shape index (κ2) is 7.97. The number of halogens is 2. The molecule has 0 aliphatic carbocycles. The topological polar surface area (TPSA) is 63.4 Å².